The van der Waals surface area contributed by atoms with E-state index in [2.05, 4.69) is 4.72 Å². The van der Waals surface area contributed by atoms with E-state index in [1.54, 1.807) is 0 Å². The fourth-order valence-corrected chi connectivity index (χ4v) is 4.93. The van der Waals surface area contributed by atoms with E-state index >= 15 is 0 Å². The smallest absolute Gasteiger partial charge is 0.241 e. The number of hydrogen-bond acceptors (Lipinski definition) is 4. The van der Waals surface area contributed by atoms with Crippen molar-refractivity contribution in [3.63, 3.8) is 0 Å². The van der Waals surface area contributed by atoms with Crippen LogP contribution in [0.1, 0.15) is 30.0 Å². The summed E-state index contributed by atoms with van der Waals surface area (Å²) in [6.45, 7) is 0.626. The van der Waals surface area contributed by atoms with Crippen molar-refractivity contribution in [1.29, 1.82) is 0 Å². The Morgan fingerprint density at radius 3 is 2.73 bits per heavy atom. The minimum Gasteiger partial charge on any atom is -0.493 e. The topological polar surface area (TPSA) is 75.6 Å². The monoisotopic (exact) mass is 377 g/mol. The summed E-state index contributed by atoms with van der Waals surface area (Å²) in [5.74, 6) is 0.223. The van der Waals surface area contributed by atoms with Gasteiger partial charge in [0.15, 0.2) is 0 Å². The number of sulfonamides is 1. The molecule has 1 atom stereocenters. The summed E-state index contributed by atoms with van der Waals surface area (Å²) >= 11 is 0. The second kappa shape index (κ2) is 6.64. The first-order valence-corrected chi connectivity index (χ1v) is 10.1. The summed E-state index contributed by atoms with van der Waals surface area (Å²) in [5.41, 5.74) is 1.89. The maximum Gasteiger partial charge on any atom is 0.241 e. The fraction of sp³-hybridized carbons (Fsp3) is 0.368. The van der Waals surface area contributed by atoms with E-state index < -0.39 is 28.0 Å². The van der Waals surface area contributed by atoms with E-state index in [0.29, 0.717) is 19.4 Å². The summed E-state index contributed by atoms with van der Waals surface area (Å²) in [4.78, 5) is -0.105. The number of aliphatic hydroxyl groups is 1. The molecule has 1 unspecified atom stereocenters. The maximum atomic E-state index is 13.5. The lowest BCUT2D eigenvalue weighted by Gasteiger charge is -2.38. The third-order valence-corrected chi connectivity index (χ3v) is 6.52. The van der Waals surface area contributed by atoms with E-state index in [0.717, 1.165) is 29.4 Å². The summed E-state index contributed by atoms with van der Waals surface area (Å²) in [6, 6.07) is 10.2. The molecule has 1 aliphatic heterocycles. The van der Waals surface area contributed by atoms with Crippen LogP contribution in [0.4, 0.5) is 4.39 Å². The van der Waals surface area contributed by atoms with Gasteiger partial charge >= 0.3 is 0 Å². The molecule has 7 heteroatoms. The number of fused-ring (bicyclic) bond motifs is 1. The number of halogens is 1. The third kappa shape index (κ3) is 3.34. The van der Waals surface area contributed by atoms with Gasteiger partial charge in [0.1, 0.15) is 11.6 Å². The van der Waals surface area contributed by atoms with Crippen molar-refractivity contribution in [3.05, 3.63) is 59.4 Å². The zero-order chi connectivity index (χ0) is 18.3. The lowest BCUT2D eigenvalue weighted by atomic mass is 9.75. The summed E-state index contributed by atoms with van der Waals surface area (Å²) in [6.07, 6.45) is 1.45. The SMILES string of the molecule is O=S(=O)(NC(c1ccc2c(c1)CCO2)C1CC(O)C1)c1cccc(F)c1. The molecule has 1 saturated carbocycles. The van der Waals surface area contributed by atoms with Crippen LogP contribution in [-0.4, -0.2) is 26.2 Å². The highest BCUT2D eigenvalue weighted by atomic mass is 32.2. The molecule has 0 spiro atoms. The van der Waals surface area contributed by atoms with Crippen LogP contribution < -0.4 is 9.46 Å². The molecule has 0 bridgehead atoms. The Bertz CT molecular complexity index is 925. The van der Waals surface area contributed by atoms with Crippen molar-refractivity contribution in [3.8, 4) is 5.75 Å². The molecule has 0 saturated heterocycles. The Kier molecular flexibility index (Phi) is 4.46. The highest BCUT2D eigenvalue weighted by Crippen LogP contribution is 2.40. The van der Waals surface area contributed by atoms with Crippen molar-refractivity contribution in [1.82, 2.24) is 4.72 Å². The predicted molar refractivity (Wildman–Crippen MR) is 93.8 cm³/mol. The molecule has 1 fully saturated rings. The Morgan fingerprint density at radius 2 is 2.00 bits per heavy atom. The lowest BCUT2D eigenvalue weighted by molar-refractivity contribution is 0.0280. The van der Waals surface area contributed by atoms with Gasteiger partial charge in [0.2, 0.25) is 10.0 Å². The van der Waals surface area contributed by atoms with Gasteiger partial charge in [-0.05, 0) is 54.2 Å². The molecule has 138 valence electrons. The second-order valence-electron chi connectivity index (χ2n) is 6.91. The van der Waals surface area contributed by atoms with E-state index in [1.165, 1.54) is 18.2 Å². The van der Waals surface area contributed by atoms with Crippen LogP contribution in [0.15, 0.2) is 47.4 Å². The van der Waals surface area contributed by atoms with Crippen LogP contribution in [0.3, 0.4) is 0 Å². The Labute approximate surface area is 151 Å². The summed E-state index contributed by atoms with van der Waals surface area (Å²) < 4.78 is 47.2. The average Bonchev–Trinajstić information content (AvgIpc) is 3.05. The molecule has 1 aliphatic carbocycles. The first-order valence-electron chi connectivity index (χ1n) is 8.64. The first-order chi connectivity index (χ1) is 12.4. The molecule has 2 aromatic rings. The van der Waals surface area contributed by atoms with Crippen LogP contribution in [0, 0.1) is 11.7 Å². The van der Waals surface area contributed by atoms with Crippen molar-refractivity contribution in [2.24, 2.45) is 5.92 Å². The normalized spacial score (nSPS) is 23.0. The fourth-order valence-electron chi connectivity index (χ4n) is 3.61. The highest BCUT2D eigenvalue weighted by Gasteiger charge is 2.37. The van der Waals surface area contributed by atoms with Gasteiger partial charge in [0.25, 0.3) is 0 Å². The van der Waals surface area contributed by atoms with Gasteiger partial charge < -0.3 is 9.84 Å². The minimum atomic E-state index is -3.89. The van der Waals surface area contributed by atoms with E-state index in [1.807, 2.05) is 18.2 Å². The molecule has 2 N–H and O–H groups in total. The van der Waals surface area contributed by atoms with Gasteiger partial charge in [-0.3, -0.25) is 0 Å². The molecule has 26 heavy (non-hydrogen) atoms. The largest absolute Gasteiger partial charge is 0.493 e. The Balaban J connectivity index is 1.66. The van der Waals surface area contributed by atoms with Crippen molar-refractivity contribution in [2.75, 3.05) is 6.61 Å². The van der Waals surface area contributed by atoms with E-state index in [-0.39, 0.29) is 10.8 Å². The molecule has 0 radical (unpaired) electrons. The highest BCUT2D eigenvalue weighted by molar-refractivity contribution is 7.89. The number of aliphatic hydroxyl groups excluding tert-OH is 1. The zero-order valence-corrected chi connectivity index (χ0v) is 14.9. The molecule has 2 aromatic carbocycles. The quantitative estimate of drug-likeness (QED) is 0.840. The van der Waals surface area contributed by atoms with Crippen molar-refractivity contribution >= 4 is 10.0 Å². The lowest BCUT2D eigenvalue weighted by Crippen LogP contribution is -2.41. The van der Waals surface area contributed by atoms with E-state index in [9.17, 15) is 17.9 Å². The van der Waals surface area contributed by atoms with Crippen LogP contribution >= 0.6 is 0 Å². The van der Waals surface area contributed by atoms with Crippen LogP contribution in [0.2, 0.25) is 0 Å². The third-order valence-electron chi connectivity index (χ3n) is 5.08. The molecular weight excluding hydrogens is 357 g/mol. The number of rotatable bonds is 5. The Morgan fingerprint density at radius 1 is 1.19 bits per heavy atom. The van der Waals surface area contributed by atoms with Crippen LogP contribution in [0.5, 0.6) is 5.75 Å². The summed E-state index contributed by atoms with van der Waals surface area (Å²) in [5, 5.41) is 9.67. The average molecular weight is 377 g/mol. The molecule has 1 heterocycles. The molecular formula is C19H20FNO4S. The van der Waals surface area contributed by atoms with Gasteiger partial charge in [0.05, 0.1) is 17.6 Å². The number of nitrogens with one attached hydrogen (secondary N) is 1. The van der Waals surface area contributed by atoms with Crippen molar-refractivity contribution < 1.29 is 22.7 Å². The number of benzene rings is 2. The predicted octanol–water partition coefficient (Wildman–Crippen LogP) is 2.55. The van der Waals surface area contributed by atoms with Gasteiger partial charge in [-0.15, -0.1) is 0 Å². The van der Waals surface area contributed by atoms with Crippen LogP contribution in [-0.2, 0) is 16.4 Å². The number of hydrogen-bond donors (Lipinski definition) is 2. The summed E-state index contributed by atoms with van der Waals surface area (Å²) in [7, 11) is -3.89. The van der Waals surface area contributed by atoms with Crippen molar-refractivity contribution in [2.45, 2.75) is 36.3 Å². The maximum absolute atomic E-state index is 13.5. The molecule has 0 aromatic heterocycles. The molecule has 0 amide bonds. The van der Waals surface area contributed by atoms with Gasteiger partial charge in [0, 0.05) is 12.5 Å². The van der Waals surface area contributed by atoms with Gasteiger partial charge in [-0.25, -0.2) is 17.5 Å². The van der Waals surface area contributed by atoms with Gasteiger partial charge in [-0.2, -0.15) is 0 Å². The molecule has 5 nitrogen and oxygen atoms in total. The standard InChI is InChI=1S/C19H20FNO4S/c20-15-2-1-3-17(11-15)26(23,24)21-19(14-9-16(22)10-14)13-4-5-18-12(8-13)6-7-25-18/h1-5,8,11,14,16,19,21-22H,6-7,9-10H2. The molecule has 4 rings (SSSR count). The second-order valence-corrected chi connectivity index (χ2v) is 8.62. The van der Waals surface area contributed by atoms with Crippen LogP contribution in [0.25, 0.3) is 0 Å². The zero-order valence-electron chi connectivity index (χ0n) is 14.1. The van der Waals surface area contributed by atoms with Gasteiger partial charge in [-0.1, -0.05) is 18.2 Å². The Hall–Kier alpha value is -1.96. The molecule has 2 aliphatic rings. The minimum absolute atomic E-state index is 0.00583. The van der Waals surface area contributed by atoms with E-state index in [4.69, 9.17) is 4.74 Å². The first kappa shape index (κ1) is 17.5. The number of ether oxygens (including phenoxy) is 1.